The minimum absolute atomic E-state index is 0. The quantitative estimate of drug-likeness (QED) is 0.117. The maximum atomic E-state index is 13.2. The minimum Gasteiger partial charge on any atom is -0.512 e. The number of hydrogen-bond acceptors (Lipinski definition) is 4. The summed E-state index contributed by atoms with van der Waals surface area (Å²) >= 11 is 0. The van der Waals surface area contributed by atoms with Gasteiger partial charge in [-0.1, -0.05) is 71.4 Å². The van der Waals surface area contributed by atoms with E-state index in [0.717, 1.165) is 55.4 Å². The van der Waals surface area contributed by atoms with Gasteiger partial charge in [-0.25, -0.2) is 0 Å². The Morgan fingerprint density at radius 3 is 2.18 bits per heavy atom. The van der Waals surface area contributed by atoms with E-state index in [1.54, 1.807) is 6.20 Å². The van der Waals surface area contributed by atoms with Crippen LogP contribution in [0.25, 0.3) is 33.2 Å². The van der Waals surface area contributed by atoms with Crippen LogP contribution in [0.1, 0.15) is 60.3 Å². The number of allylic oxidation sites excluding steroid dienone is 2. The Morgan fingerprint density at radius 1 is 0.846 bits per heavy atom. The number of carbonyl (C=O) groups is 2. The molecule has 0 unspecified atom stereocenters. The van der Waals surface area contributed by atoms with Crippen LogP contribution in [0, 0.1) is 38.7 Å². The van der Waals surface area contributed by atoms with Crippen LogP contribution < -0.4 is 0 Å². The summed E-state index contributed by atoms with van der Waals surface area (Å²) in [6, 6.07) is 19.8. The van der Waals surface area contributed by atoms with E-state index < -0.39 is 0 Å². The van der Waals surface area contributed by atoms with Crippen molar-refractivity contribution in [2.75, 3.05) is 0 Å². The van der Waals surface area contributed by atoms with Gasteiger partial charge in [0, 0.05) is 55.3 Å². The van der Waals surface area contributed by atoms with E-state index in [4.69, 9.17) is 0 Å². The van der Waals surface area contributed by atoms with Crippen LogP contribution in [-0.4, -0.2) is 21.7 Å². The molecule has 0 amide bonds. The predicted molar refractivity (Wildman–Crippen MR) is 154 cm³/mol. The van der Waals surface area contributed by atoms with E-state index in [-0.39, 0.29) is 49.3 Å². The first kappa shape index (κ1) is 30.1. The number of hydrogen-bond donors (Lipinski definition) is 1. The van der Waals surface area contributed by atoms with E-state index in [1.807, 2.05) is 53.7 Å². The molecule has 203 valence electrons. The van der Waals surface area contributed by atoms with Crippen molar-refractivity contribution in [2.45, 2.75) is 48.5 Å². The molecule has 0 atom stereocenters. The van der Waals surface area contributed by atoms with Gasteiger partial charge in [-0.3, -0.25) is 9.59 Å². The first-order valence-electron chi connectivity index (χ1n) is 13.0. The van der Waals surface area contributed by atoms with Crippen LogP contribution in [0.4, 0.5) is 0 Å². The zero-order chi connectivity index (χ0) is 27.7. The Kier molecular flexibility index (Phi) is 9.42. The smallest absolute Gasteiger partial charge is 0.194 e. The van der Waals surface area contributed by atoms with Gasteiger partial charge in [-0.2, -0.15) is 0 Å². The van der Waals surface area contributed by atoms with Gasteiger partial charge in [0.15, 0.2) is 11.6 Å². The van der Waals surface area contributed by atoms with Crippen LogP contribution >= 0.6 is 0 Å². The Bertz CT molecular complexity index is 1580. The molecule has 39 heavy (non-hydrogen) atoms. The number of aliphatic hydroxyl groups excluding tert-OH is 1. The maximum absolute atomic E-state index is 13.2. The fourth-order valence-corrected chi connectivity index (χ4v) is 4.66. The van der Waals surface area contributed by atoms with Gasteiger partial charge < -0.3 is 10.1 Å². The topological polar surface area (TPSA) is 67.3 Å². The summed E-state index contributed by atoms with van der Waals surface area (Å²) in [4.78, 5) is 28.8. The summed E-state index contributed by atoms with van der Waals surface area (Å²) < 4.78 is 0. The van der Waals surface area contributed by atoms with E-state index in [2.05, 4.69) is 54.4 Å². The summed E-state index contributed by atoms with van der Waals surface area (Å²) in [5.74, 6) is 0.268. The number of benzene rings is 3. The number of carbonyl (C=O) groups excluding carboxylic acids is 2. The van der Waals surface area contributed by atoms with Crippen LogP contribution in [0.2, 0.25) is 0 Å². The summed E-state index contributed by atoms with van der Waals surface area (Å²) in [6.45, 7) is 13.5. The summed E-state index contributed by atoms with van der Waals surface area (Å²) in [5.41, 5.74) is 8.85. The van der Waals surface area contributed by atoms with Gasteiger partial charge >= 0.3 is 0 Å². The van der Waals surface area contributed by atoms with Gasteiger partial charge in [0.05, 0.1) is 5.76 Å². The number of aromatic nitrogens is 1. The number of rotatable bonds is 4. The molecule has 0 aliphatic heterocycles. The largest absolute Gasteiger partial charge is 0.512 e. The molecule has 0 spiro atoms. The van der Waals surface area contributed by atoms with Crippen molar-refractivity contribution in [1.29, 1.82) is 0 Å². The van der Waals surface area contributed by atoms with E-state index >= 15 is 0 Å². The van der Waals surface area contributed by atoms with Gasteiger partial charge in [-0.05, 0) is 46.6 Å². The molecule has 0 saturated carbocycles. The predicted octanol–water partition coefficient (Wildman–Crippen LogP) is 8.15. The second-order valence-electron chi connectivity index (χ2n) is 10.7. The second kappa shape index (κ2) is 12.2. The van der Waals surface area contributed by atoms with Crippen molar-refractivity contribution in [2.24, 2.45) is 11.8 Å². The molecule has 0 bridgehead atoms. The average molecular weight is 697 g/mol. The maximum Gasteiger partial charge on any atom is 0.194 e. The Balaban J connectivity index is 0.000000301. The number of aliphatic hydroxyl groups is 1. The Labute approximate surface area is 244 Å². The average Bonchev–Trinajstić information content (AvgIpc) is 3.14. The third-order valence-corrected chi connectivity index (χ3v) is 6.74. The van der Waals surface area contributed by atoms with E-state index in [0.29, 0.717) is 0 Å². The SMILES string of the molecule is CC(C)C(=O)/C=C(\O)C(C)C.Cc1[c-]c(-c2nccc3c4c(ccc23)-c2ccc(C)cc2C4=O)cc(C)c1.[Ir]. The monoisotopic (exact) mass is 697 g/mol. The molecule has 1 radical (unpaired) electrons. The Morgan fingerprint density at radius 2 is 1.54 bits per heavy atom. The van der Waals surface area contributed by atoms with Crippen molar-refractivity contribution in [1.82, 2.24) is 4.98 Å². The van der Waals surface area contributed by atoms with Crippen molar-refractivity contribution >= 4 is 22.3 Å². The second-order valence-corrected chi connectivity index (χ2v) is 10.7. The number of aryl methyl sites for hydroxylation is 3. The fourth-order valence-electron chi connectivity index (χ4n) is 4.66. The molecular weight excluding hydrogens is 663 g/mol. The molecule has 0 fully saturated rings. The van der Waals surface area contributed by atoms with Gasteiger partial charge in [-0.15, -0.1) is 34.9 Å². The molecule has 1 N–H and O–H groups in total. The number of pyridine rings is 1. The normalized spacial score (nSPS) is 12.1. The summed E-state index contributed by atoms with van der Waals surface area (Å²) in [7, 11) is 0. The molecule has 5 heteroatoms. The van der Waals surface area contributed by atoms with E-state index in [1.165, 1.54) is 11.6 Å². The first-order chi connectivity index (χ1) is 18.0. The van der Waals surface area contributed by atoms with Gasteiger partial charge in [0.1, 0.15) is 0 Å². The first-order valence-corrected chi connectivity index (χ1v) is 13.0. The molecule has 3 aromatic carbocycles. The van der Waals surface area contributed by atoms with Crippen LogP contribution in [0.5, 0.6) is 0 Å². The van der Waals surface area contributed by atoms with Crippen LogP contribution in [0.3, 0.4) is 0 Å². The molecule has 1 aromatic heterocycles. The molecule has 1 aliphatic carbocycles. The molecular formula is C34H34IrNO3-. The summed E-state index contributed by atoms with van der Waals surface area (Å²) in [5, 5.41) is 11.1. The third kappa shape index (κ3) is 6.27. The minimum atomic E-state index is -0.0316. The Hall–Kier alpha value is -3.40. The third-order valence-electron chi connectivity index (χ3n) is 6.74. The number of fused-ring (bicyclic) bond motifs is 5. The number of ketones is 2. The summed E-state index contributed by atoms with van der Waals surface area (Å²) in [6.07, 6.45) is 3.11. The molecule has 0 saturated heterocycles. The van der Waals surface area contributed by atoms with Crippen LogP contribution in [0.15, 0.2) is 66.6 Å². The molecule has 1 heterocycles. The van der Waals surface area contributed by atoms with Crippen molar-refractivity contribution in [3.05, 3.63) is 100 Å². The van der Waals surface area contributed by atoms with Crippen molar-refractivity contribution in [3.63, 3.8) is 0 Å². The molecule has 5 rings (SSSR count). The molecule has 4 nitrogen and oxygen atoms in total. The van der Waals surface area contributed by atoms with Crippen molar-refractivity contribution in [3.8, 4) is 22.4 Å². The zero-order valence-corrected chi connectivity index (χ0v) is 25.9. The standard InChI is InChI=1S/C25H18NO.C9H16O2.Ir/c1-14-4-5-18-19-6-7-21-20(23(19)25(27)22(18)13-14)8-9-26-24(21)17-11-15(2)10-16(3)12-17;1-6(2)8(10)5-9(11)7(3)4;/h4-11,13H,1-3H3;5-7,10H,1-4H3;/q-1;;/b;8-5-;. The van der Waals surface area contributed by atoms with Gasteiger partial charge in [0.2, 0.25) is 0 Å². The van der Waals surface area contributed by atoms with Crippen LogP contribution in [-0.2, 0) is 24.9 Å². The van der Waals surface area contributed by atoms with Crippen molar-refractivity contribution < 1.29 is 34.8 Å². The fraction of sp³-hybridized carbons (Fsp3) is 0.265. The zero-order valence-electron chi connectivity index (χ0n) is 23.5. The number of nitrogens with zero attached hydrogens (tertiary/aromatic N) is 1. The molecule has 4 aromatic rings. The van der Waals surface area contributed by atoms with Gasteiger partial charge in [0.25, 0.3) is 0 Å². The molecule has 1 aliphatic rings. The van der Waals surface area contributed by atoms with E-state index in [9.17, 15) is 14.7 Å².